The minimum atomic E-state index is -4.88. The summed E-state index contributed by atoms with van der Waals surface area (Å²) in [6.45, 7) is 0.885. The van der Waals surface area contributed by atoms with Gasteiger partial charge in [0.05, 0.1) is 11.0 Å². The molecule has 0 aromatic rings. The lowest BCUT2D eigenvalue weighted by molar-refractivity contribution is -0.257. The van der Waals surface area contributed by atoms with Gasteiger partial charge in [-0.05, 0) is 6.92 Å². The molecule has 1 heterocycles. The topological polar surface area (TPSA) is 54.4 Å². The van der Waals surface area contributed by atoms with Gasteiger partial charge in [0.15, 0.2) is 15.4 Å². The van der Waals surface area contributed by atoms with Crippen molar-refractivity contribution < 1.29 is 26.7 Å². The van der Waals surface area contributed by atoms with Crippen LogP contribution in [0.2, 0.25) is 0 Å². The molecule has 3 nitrogen and oxygen atoms in total. The van der Waals surface area contributed by atoms with E-state index < -0.39 is 39.0 Å². The van der Waals surface area contributed by atoms with Gasteiger partial charge >= 0.3 is 6.18 Å². The zero-order valence-corrected chi connectivity index (χ0v) is 7.61. The molecule has 2 unspecified atom stereocenters. The Kier molecular flexibility index (Phi) is 2.16. The average Bonchev–Trinajstić information content (AvgIpc) is 2.14. The monoisotopic (exact) mass is 218 g/mol. The second kappa shape index (κ2) is 2.60. The molecule has 0 saturated carbocycles. The molecule has 1 aliphatic rings. The van der Waals surface area contributed by atoms with E-state index in [1.54, 1.807) is 0 Å². The highest BCUT2D eigenvalue weighted by molar-refractivity contribution is 7.92. The molecule has 7 heteroatoms. The van der Waals surface area contributed by atoms with E-state index in [0.717, 1.165) is 6.92 Å². The number of hydrogen-bond donors (Lipinski definition) is 1. The molecule has 0 amide bonds. The standard InChI is InChI=1S/C6H9F3O3S/c1-4-5(10,6(7,8)9)2-3-13(4,11)12/h4,10H,2-3H2,1H3. The Balaban J connectivity index is 3.12. The molecule has 0 spiro atoms. The largest absolute Gasteiger partial charge is 0.418 e. The lowest BCUT2D eigenvalue weighted by Gasteiger charge is -2.28. The Morgan fingerprint density at radius 1 is 1.46 bits per heavy atom. The molecule has 13 heavy (non-hydrogen) atoms. The number of halogens is 3. The molecule has 2 atom stereocenters. The number of sulfone groups is 1. The normalized spacial score (nSPS) is 39.3. The van der Waals surface area contributed by atoms with Gasteiger partial charge in [-0.3, -0.25) is 0 Å². The molecule has 78 valence electrons. The number of aliphatic hydroxyl groups is 1. The Bertz CT molecular complexity index is 308. The maximum atomic E-state index is 12.2. The summed E-state index contributed by atoms with van der Waals surface area (Å²) < 4.78 is 58.6. The molecule has 0 radical (unpaired) electrons. The van der Waals surface area contributed by atoms with Gasteiger partial charge < -0.3 is 5.11 Å². The van der Waals surface area contributed by atoms with Gasteiger partial charge in [0.25, 0.3) is 0 Å². The van der Waals surface area contributed by atoms with Crippen LogP contribution in [0.15, 0.2) is 0 Å². The van der Waals surface area contributed by atoms with Crippen molar-refractivity contribution in [3.8, 4) is 0 Å². The predicted molar refractivity (Wildman–Crippen MR) is 38.9 cm³/mol. The van der Waals surface area contributed by atoms with Crippen molar-refractivity contribution in [1.29, 1.82) is 0 Å². The van der Waals surface area contributed by atoms with Crippen LogP contribution in [0.4, 0.5) is 13.2 Å². The molecule has 0 aromatic carbocycles. The quantitative estimate of drug-likeness (QED) is 0.643. The van der Waals surface area contributed by atoms with Crippen LogP contribution in [0.1, 0.15) is 13.3 Å². The van der Waals surface area contributed by atoms with E-state index in [4.69, 9.17) is 5.11 Å². The molecule has 1 aliphatic heterocycles. The van der Waals surface area contributed by atoms with Gasteiger partial charge in [0.1, 0.15) is 0 Å². The molecule has 0 bridgehead atoms. The molecule has 0 aliphatic carbocycles. The maximum Gasteiger partial charge on any atom is 0.418 e. The van der Waals surface area contributed by atoms with Crippen molar-refractivity contribution in [3.63, 3.8) is 0 Å². The third kappa shape index (κ3) is 1.43. The van der Waals surface area contributed by atoms with E-state index >= 15 is 0 Å². The lowest BCUT2D eigenvalue weighted by atomic mass is 9.97. The van der Waals surface area contributed by atoms with Gasteiger partial charge in [0, 0.05) is 6.42 Å². The van der Waals surface area contributed by atoms with Crippen LogP contribution < -0.4 is 0 Å². The Morgan fingerprint density at radius 2 is 1.92 bits per heavy atom. The predicted octanol–water partition coefficient (Wildman–Crippen LogP) is 0.487. The molecule has 1 rings (SSSR count). The first kappa shape index (κ1) is 10.8. The van der Waals surface area contributed by atoms with E-state index in [0.29, 0.717) is 0 Å². The lowest BCUT2D eigenvalue weighted by Crippen LogP contribution is -2.51. The highest BCUT2D eigenvalue weighted by Crippen LogP contribution is 2.43. The summed E-state index contributed by atoms with van der Waals surface area (Å²) in [6, 6.07) is 0. The Hall–Kier alpha value is -0.300. The summed E-state index contributed by atoms with van der Waals surface area (Å²) in [6.07, 6.45) is -5.64. The second-order valence-electron chi connectivity index (χ2n) is 3.18. The van der Waals surface area contributed by atoms with E-state index in [2.05, 4.69) is 0 Å². The number of hydrogen-bond acceptors (Lipinski definition) is 3. The fourth-order valence-electron chi connectivity index (χ4n) is 1.35. The van der Waals surface area contributed by atoms with Crippen molar-refractivity contribution in [1.82, 2.24) is 0 Å². The van der Waals surface area contributed by atoms with E-state index in [9.17, 15) is 21.6 Å². The average molecular weight is 218 g/mol. The van der Waals surface area contributed by atoms with E-state index in [-0.39, 0.29) is 0 Å². The molecular weight excluding hydrogens is 209 g/mol. The second-order valence-corrected chi connectivity index (χ2v) is 5.62. The number of alkyl halides is 3. The smallest absolute Gasteiger partial charge is 0.379 e. The van der Waals surface area contributed by atoms with Gasteiger partial charge in [-0.15, -0.1) is 0 Å². The van der Waals surface area contributed by atoms with Crippen LogP contribution >= 0.6 is 0 Å². The van der Waals surface area contributed by atoms with Crippen LogP contribution in [-0.2, 0) is 9.84 Å². The Morgan fingerprint density at radius 3 is 2.08 bits per heavy atom. The van der Waals surface area contributed by atoms with Crippen molar-refractivity contribution >= 4 is 9.84 Å². The minimum Gasteiger partial charge on any atom is -0.379 e. The summed E-state index contributed by atoms with van der Waals surface area (Å²) in [5, 5.41) is 7.36. The zero-order valence-electron chi connectivity index (χ0n) is 6.80. The highest BCUT2D eigenvalue weighted by atomic mass is 32.2. The fraction of sp³-hybridized carbons (Fsp3) is 1.00. The molecule has 0 aromatic heterocycles. The van der Waals surface area contributed by atoms with Gasteiger partial charge in [0.2, 0.25) is 0 Å². The van der Waals surface area contributed by atoms with E-state index in [1.165, 1.54) is 0 Å². The van der Waals surface area contributed by atoms with Crippen molar-refractivity contribution in [2.45, 2.75) is 30.4 Å². The van der Waals surface area contributed by atoms with E-state index in [1.807, 2.05) is 0 Å². The summed E-state index contributed by atoms with van der Waals surface area (Å²) in [5.74, 6) is -0.607. The van der Waals surface area contributed by atoms with Gasteiger partial charge in [-0.1, -0.05) is 0 Å². The van der Waals surface area contributed by atoms with Crippen LogP contribution in [0.5, 0.6) is 0 Å². The third-order valence-electron chi connectivity index (χ3n) is 2.47. The molecule has 1 fully saturated rings. The van der Waals surface area contributed by atoms with Crippen LogP contribution in [0.25, 0.3) is 0 Å². The summed E-state index contributed by atoms with van der Waals surface area (Å²) in [7, 11) is -3.79. The molecule has 1 saturated heterocycles. The van der Waals surface area contributed by atoms with Crippen molar-refractivity contribution in [2.75, 3.05) is 5.75 Å². The van der Waals surface area contributed by atoms with Crippen LogP contribution in [0, 0.1) is 0 Å². The summed E-state index contributed by atoms with van der Waals surface area (Å²) in [4.78, 5) is 0. The first-order valence-corrected chi connectivity index (χ1v) is 5.33. The first-order chi connectivity index (χ1) is 5.61. The third-order valence-corrected chi connectivity index (χ3v) is 4.71. The van der Waals surface area contributed by atoms with Gasteiger partial charge in [-0.25, -0.2) is 8.42 Å². The number of rotatable bonds is 0. The molecular formula is C6H9F3O3S. The fourth-order valence-corrected chi connectivity index (χ4v) is 3.14. The van der Waals surface area contributed by atoms with Gasteiger partial charge in [-0.2, -0.15) is 13.2 Å². The Labute approximate surface area is 73.5 Å². The minimum absolute atomic E-state index is 0.607. The summed E-state index contributed by atoms with van der Waals surface area (Å²) >= 11 is 0. The SMILES string of the molecule is CC1C(O)(C(F)(F)F)CCS1(=O)=O. The van der Waals surface area contributed by atoms with Crippen molar-refractivity contribution in [3.05, 3.63) is 0 Å². The molecule has 1 N–H and O–H groups in total. The summed E-state index contributed by atoms with van der Waals surface area (Å²) in [5.41, 5.74) is -3.06. The van der Waals surface area contributed by atoms with Crippen LogP contribution in [0.3, 0.4) is 0 Å². The highest BCUT2D eigenvalue weighted by Gasteiger charge is 2.64. The maximum absolute atomic E-state index is 12.2. The zero-order chi connectivity index (χ0) is 10.5. The van der Waals surface area contributed by atoms with Crippen molar-refractivity contribution in [2.24, 2.45) is 0 Å². The van der Waals surface area contributed by atoms with Crippen LogP contribution in [-0.4, -0.2) is 36.3 Å². The first-order valence-electron chi connectivity index (χ1n) is 3.62.